The molecule has 0 fully saturated rings. The SMILES string of the molecule is COc1ccc(OCC(=O)N=Nc2c(O)n(CN(Cc3ccccc3)Cc3ccccc3)c3ccccc23)cc1. The first-order valence-electron chi connectivity index (χ1n) is 12.9. The zero-order chi connectivity index (χ0) is 27.7. The predicted molar refractivity (Wildman–Crippen MR) is 154 cm³/mol. The minimum absolute atomic E-state index is 0.0556. The van der Waals surface area contributed by atoms with Gasteiger partial charge in [-0.3, -0.25) is 14.3 Å². The van der Waals surface area contributed by atoms with Crippen LogP contribution in [-0.2, 0) is 24.6 Å². The number of amides is 1. The Hall–Kier alpha value is -4.95. The van der Waals surface area contributed by atoms with Crippen LogP contribution >= 0.6 is 0 Å². The van der Waals surface area contributed by atoms with Gasteiger partial charge in [0.2, 0.25) is 5.88 Å². The van der Waals surface area contributed by atoms with Gasteiger partial charge in [-0.25, -0.2) is 0 Å². The molecule has 1 aromatic heterocycles. The van der Waals surface area contributed by atoms with Crippen molar-refractivity contribution in [1.82, 2.24) is 9.47 Å². The normalized spacial score (nSPS) is 11.3. The Morgan fingerprint density at radius 2 is 1.38 bits per heavy atom. The van der Waals surface area contributed by atoms with Crippen LogP contribution in [-0.4, -0.2) is 34.2 Å². The van der Waals surface area contributed by atoms with Gasteiger partial charge in [0.25, 0.3) is 0 Å². The van der Waals surface area contributed by atoms with E-state index < -0.39 is 5.91 Å². The minimum atomic E-state index is -0.568. The van der Waals surface area contributed by atoms with Crippen molar-refractivity contribution in [3.63, 3.8) is 0 Å². The third kappa shape index (κ3) is 6.54. The number of para-hydroxylation sites is 1. The second-order valence-electron chi connectivity index (χ2n) is 9.28. The third-order valence-electron chi connectivity index (χ3n) is 6.44. The molecule has 5 aromatic rings. The van der Waals surface area contributed by atoms with E-state index in [9.17, 15) is 9.90 Å². The van der Waals surface area contributed by atoms with Crippen molar-refractivity contribution in [3.8, 4) is 17.4 Å². The van der Waals surface area contributed by atoms with E-state index in [0.717, 1.165) is 16.6 Å². The van der Waals surface area contributed by atoms with Crippen LogP contribution in [0.1, 0.15) is 11.1 Å². The number of ether oxygens (including phenoxy) is 2. The first-order chi connectivity index (χ1) is 19.6. The first-order valence-corrected chi connectivity index (χ1v) is 12.9. The van der Waals surface area contributed by atoms with Gasteiger partial charge in [0, 0.05) is 18.5 Å². The Labute approximate surface area is 232 Å². The minimum Gasteiger partial charge on any atom is -0.497 e. The number of fused-ring (bicyclic) bond motifs is 1. The van der Waals surface area contributed by atoms with Crippen LogP contribution in [0.2, 0.25) is 0 Å². The van der Waals surface area contributed by atoms with Crippen molar-refractivity contribution in [2.24, 2.45) is 10.2 Å². The molecule has 0 saturated heterocycles. The van der Waals surface area contributed by atoms with E-state index in [2.05, 4.69) is 39.4 Å². The molecule has 0 radical (unpaired) electrons. The van der Waals surface area contributed by atoms with Crippen molar-refractivity contribution >= 4 is 22.5 Å². The van der Waals surface area contributed by atoms with E-state index in [-0.39, 0.29) is 18.2 Å². The highest BCUT2D eigenvalue weighted by atomic mass is 16.5. The number of methoxy groups -OCH3 is 1. The maximum absolute atomic E-state index is 12.4. The summed E-state index contributed by atoms with van der Waals surface area (Å²) in [7, 11) is 1.58. The lowest BCUT2D eigenvalue weighted by molar-refractivity contribution is -0.120. The second-order valence-corrected chi connectivity index (χ2v) is 9.28. The quantitative estimate of drug-likeness (QED) is 0.190. The zero-order valence-electron chi connectivity index (χ0n) is 22.2. The fourth-order valence-electron chi connectivity index (χ4n) is 4.50. The Morgan fingerprint density at radius 3 is 2.00 bits per heavy atom. The number of aromatic hydroxyl groups is 1. The van der Waals surface area contributed by atoms with Crippen molar-refractivity contribution in [3.05, 3.63) is 120 Å². The van der Waals surface area contributed by atoms with Crippen LogP contribution in [0.15, 0.2) is 119 Å². The van der Waals surface area contributed by atoms with E-state index in [1.165, 1.54) is 0 Å². The summed E-state index contributed by atoms with van der Waals surface area (Å²) >= 11 is 0. The van der Waals surface area contributed by atoms with Gasteiger partial charge >= 0.3 is 5.91 Å². The number of rotatable bonds is 11. The Morgan fingerprint density at radius 1 is 0.800 bits per heavy atom. The number of aromatic nitrogens is 1. The van der Waals surface area contributed by atoms with Gasteiger partial charge in [0.05, 0.1) is 19.3 Å². The molecule has 5 rings (SSSR count). The molecular weight excluding hydrogens is 504 g/mol. The molecule has 8 heteroatoms. The van der Waals surface area contributed by atoms with E-state index in [1.807, 2.05) is 60.7 Å². The highest BCUT2D eigenvalue weighted by Gasteiger charge is 2.19. The molecule has 1 amide bonds. The lowest BCUT2D eigenvalue weighted by Gasteiger charge is -2.24. The molecule has 0 saturated carbocycles. The lowest BCUT2D eigenvalue weighted by Crippen LogP contribution is -2.25. The zero-order valence-corrected chi connectivity index (χ0v) is 22.2. The summed E-state index contributed by atoms with van der Waals surface area (Å²) in [4.78, 5) is 14.7. The maximum Gasteiger partial charge on any atom is 0.302 e. The average Bonchev–Trinajstić information content (AvgIpc) is 3.26. The van der Waals surface area contributed by atoms with E-state index >= 15 is 0 Å². The van der Waals surface area contributed by atoms with Gasteiger partial charge in [-0.05, 0) is 41.5 Å². The molecule has 0 aliphatic carbocycles. The van der Waals surface area contributed by atoms with Crippen molar-refractivity contribution in [2.75, 3.05) is 13.7 Å². The molecule has 0 bridgehead atoms. The smallest absolute Gasteiger partial charge is 0.302 e. The largest absolute Gasteiger partial charge is 0.497 e. The van der Waals surface area contributed by atoms with E-state index in [4.69, 9.17) is 9.47 Å². The van der Waals surface area contributed by atoms with Crippen molar-refractivity contribution in [2.45, 2.75) is 19.8 Å². The molecule has 0 atom stereocenters. The summed E-state index contributed by atoms with van der Waals surface area (Å²) in [5, 5.41) is 20.0. The van der Waals surface area contributed by atoms with Crippen LogP contribution in [0.3, 0.4) is 0 Å². The van der Waals surface area contributed by atoms with Crippen LogP contribution < -0.4 is 9.47 Å². The number of hydrogen-bond acceptors (Lipinski definition) is 6. The number of carbonyl (C=O) groups excluding carboxylic acids is 1. The third-order valence-corrected chi connectivity index (χ3v) is 6.44. The van der Waals surface area contributed by atoms with Gasteiger partial charge in [-0.1, -0.05) is 78.9 Å². The van der Waals surface area contributed by atoms with Gasteiger partial charge in [0.15, 0.2) is 12.3 Å². The van der Waals surface area contributed by atoms with Crippen LogP contribution in [0.25, 0.3) is 10.9 Å². The van der Waals surface area contributed by atoms with Crippen LogP contribution in [0.4, 0.5) is 5.69 Å². The summed E-state index contributed by atoms with van der Waals surface area (Å²) in [5.74, 6) is 0.582. The van der Waals surface area contributed by atoms with Gasteiger partial charge in [0.1, 0.15) is 11.5 Å². The number of hydrogen-bond donors (Lipinski definition) is 1. The first kappa shape index (κ1) is 26.6. The molecule has 0 aliphatic heterocycles. The topological polar surface area (TPSA) is 88.6 Å². The molecule has 8 nitrogen and oxygen atoms in total. The molecule has 0 unspecified atom stereocenters. The molecule has 202 valence electrons. The summed E-state index contributed by atoms with van der Waals surface area (Å²) < 4.78 is 12.4. The molecule has 40 heavy (non-hydrogen) atoms. The Bertz CT molecular complexity index is 1540. The van der Waals surface area contributed by atoms with E-state index in [0.29, 0.717) is 36.6 Å². The summed E-state index contributed by atoms with van der Waals surface area (Å²) in [6.45, 7) is 1.48. The highest BCUT2D eigenvalue weighted by Crippen LogP contribution is 2.39. The molecular formula is C32H30N4O4. The lowest BCUT2D eigenvalue weighted by atomic mass is 10.2. The average molecular weight is 535 g/mol. The fourth-order valence-corrected chi connectivity index (χ4v) is 4.50. The number of nitrogens with zero attached hydrogens (tertiary/aromatic N) is 4. The fraction of sp³-hybridized carbons (Fsp3) is 0.156. The number of azo groups is 1. The summed E-state index contributed by atoms with van der Waals surface area (Å²) in [6.07, 6.45) is 0. The van der Waals surface area contributed by atoms with Crippen LogP contribution in [0.5, 0.6) is 17.4 Å². The monoisotopic (exact) mass is 534 g/mol. The van der Waals surface area contributed by atoms with Crippen molar-refractivity contribution < 1.29 is 19.4 Å². The summed E-state index contributed by atoms with van der Waals surface area (Å²) in [5.41, 5.74) is 3.36. The predicted octanol–water partition coefficient (Wildman–Crippen LogP) is 6.70. The van der Waals surface area contributed by atoms with Crippen LogP contribution in [0, 0.1) is 0 Å². The Balaban J connectivity index is 1.37. The number of benzene rings is 4. The van der Waals surface area contributed by atoms with E-state index in [1.54, 1.807) is 35.9 Å². The second kappa shape index (κ2) is 12.7. The standard InChI is InChI=1S/C32H30N4O4/c1-39-26-16-18-27(19-17-26)40-22-30(37)33-34-31-28-14-8-9-15-29(28)36(32(31)38)23-35(20-24-10-4-2-5-11-24)21-25-12-6-3-7-13-25/h2-19,38H,20-23H2,1H3. The highest BCUT2D eigenvalue weighted by molar-refractivity contribution is 5.95. The maximum atomic E-state index is 12.4. The Kier molecular flexibility index (Phi) is 8.48. The molecule has 1 heterocycles. The van der Waals surface area contributed by atoms with Gasteiger partial charge in [-0.15, -0.1) is 10.2 Å². The molecule has 0 spiro atoms. The number of carbonyl (C=O) groups is 1. The molecule has 4 aromatic carbocycles. The van der Waals surface area contributed by atoms with Crippen molar-refractivity contribution in [1.29, 1.82) is 0 Å². The van der Waals surface area contributed by atoms with Gasteiger partial charge in [-0.2, -0.15) is 0 Å². The molecule has 0 aliphatic rings. The summed E-state index contributed by atoms with van der Waals surface area (Å²) in [6, 6.07) is 34.9. The molecule has 1 N–H and O–H groups in total. The van der Waals surface area contributed by atoms with Gasteiger partial charge < -0.3 is 14.6 Å².